The number of alkyl halides is 2. The predicted molar refractivity (Wildman–Crippen MR) is 78.6 cm³/mol. The number of hydrogen-bond donors (Lipinski definition) is 1. The monoisotopic (exact) mass is 323 g/mol. The molecule has 0 aliphatic carbocycles. The standard InChI is InChI=1S/C15H15F2N3O3/c1-20-11(3-2-4-14(20)21)15(22)19-8-10-5-6-18-13(7-10)23-9-12(16)17/h2-7,12H,8-9H2,1H3,(H,19,22). The minimum atomic E-state index is -2.58. The summed E-state index contributed by atoms with van der Waals surface area (Å²) in [5.74, 6) is -0.360. The van der Waals surface area contributed by atoms with E-state index in [4.69, 9.17) is 4.74 Å². The van der Waals surface area contributed by atoms with Gasteiger partial charge in [0.05, 0.1) is 0 Å². The molecule has 23 heavy (non-hydrogen) atoms. The van der Waals surface area contributed by atoms with E-state index in [1.54, 1.807) is 6.07 Å². The van der Waals surface area contributed by atoms with E-state index in [0.29, 0.717) is 5.56 Å². The van der Waals surface area contributed by atoms with Crippen molar-refractivity contribution in [2.24, 2.45) is 7.05 Å². The number of carbonyl (C=O) groups excluding carboxylic acids is 1. The molecule has 2 aromatic heterocycles. The zero-order chi connectivity index (χ0) is 16.8. The van der Waals surface area contributed by atoms with Crippen LogP contribution >= 0.6 is 0 Å². The van der Waals surface area contributed by atoms with E-state index < -0.39 is 18.9 Å². The third-order valence-corrected chi connectivity index (χ3v) is 3.03. The fraction of sp³-hybridized carbons (Fsp3) is 0.267. The number of pyridine rings is 2. The lowest BCUT2D eigenvalue weighted by Crippen LogP contribution is -2.30. The van der Waals surface area contributed by atoms with Crippen LogP contribution in [0.2, 0.25) is 0 Å². The molecule has 0 aromatic carbocycles. The molecule has 0 aliphatic rings. The Bertz CT molecular complexity index is 747. The zero-order valence-corrected chi connectivity index (χ0v) is 12.3. The van der Waals surface area contributed by atoms with E-state index in [-0.39, 0.29) is 23.7 Å². The van der Waals surface area contributed by atoms with E-state index in [1.165, 1.54) is 42.1 Å². The highest BCUT2D eigenvalue weighted by atomic mass is 19.3. The number of aromatic nitrogens is 2. The van der Waals surface area contributed by atoms with Crippen LogP contribution in [0.1, 0.15) is 16.1 Å². The molecule has 0 unspecified atom stereocenters. The maximum absolute atomic E-state index is 12.1. The first-order valence-electron chi connectivity index (χ1n) is 6.77. The third-order valence-electron chi connectivity index (χ3n) is 3.03. The Morgan fingerprint density at radius 3 is 2.91 bits per heavy atom. The van der Waals surface area contributed by atoms with E-state index in [1.807, 2.05) is 0 Å². The number of halogens is 2. The molecule has 0 fully saturated rings. The molecule has 8 heteroatoms. The van der Waals surface area contributed by atoms with Gasteiger partial charge in [-0.3, -0.25) is 9.59 Å². The Kier molecular flexibility index (Phi) is 5.40. The van der Waals surface area contributed by atoms with Crippen LogP contribution in [0.5, 0.6) is 5.88 Å². The van der Waals surface area contributed by atoms with E-state index in [2.05, 4.69) is 10.3 Å². The van der Waals surface area contributed by atoms with Crippen LogP contribution in [0, 0.1) is 0 Å². The lowest BCUT2D eigenvalue weighted by Gasteiger charge is -2.10. The molecule has 6 nitrogen and oxygen atoms in total. The van der Waals surface area contributed by atoms with Crippen LogP contribution in [-0.4, -0.2) is 28.5 Å². The second-order valence-corrected chi connectivity index (χ2v) is 4.70. The molecule has 1 N–H and O–H groups in total. The maximum atomic E-state index is 12.1. The van der Waals surface area contributed by atoms with Gasteiger partial charge in [0.2, 0.25) is 5.88 Å². The van der Waals surface area contributed by atoms with Crippen LogP contribution < -0.4 is 15.6 Å². The average Bonchev–Trinajstić information content (AvgIpc) is 2.53. The van der Waals surface area contributed by atoms with Gasteiger partial charge in [-0.2, -0.15) is 0 Å². The van der Waals surface area contributed by atoms with E-state index in [0.717, 1.165) is 0 Å². The van der Waals surface area contributed by atoms with Gasteiger partial charge in [0.1, 0.15) is 5.69 Å². The highest BCUT2D eigenvalue weighted by molar-refractivity contribution is 5.92. The molecule has 0 atom stereocenters. The third kappa shape index (κ3) is 4.60. The second kappa shape index (κ2) is 7.48. The van der Waals surface area contributed by atoms with Crippen molar-refractivity contribution < 1.29 is 18.3 Å². The van der Waals surface area contributed by atoms with Crippen molar-refractivity contribution in [3.8, 4) is 5.88 Å². The van der Waals surface area contributed by atoms with Crippen LogP contribution in [0.25, 0.3) is 0 Å². The van der Waals surface area contributed by atoms with Crippen molar-refractivity contribution in [2.75, 3.05) is 6.61 Å². The van der Waals surface area contributed by atoms with Crippen LogP contribution in [0.4, 0.5) is 8.78 Å². The minimum absolute atomic E-state index is 0.0594. The van der Waals surface area contributed by atoms with Gasteiger partial charge in [-0.25, -0.2) is 13.8 Å². The Morgan fingerprint density at radius 1 is 1.39 bits per heavy atom. The number of carbonyl (C=O) groups is 1. The van der Waals surface area contributed by atoms with Gasteiger partial charge in [-0.1, -0.05) is 6.07 Å². The summed E-state index contributed by atoms with van der Waals surface area (Å²) in [5.41, 5.74) is 0.573. The Hall–Kier alpha value is -2.77. The van der Waals surface area contributed by atoms with E-state index >= 15 is 0 Å². The maximum Gasteiger partial charge on any atom is 0.272 e. The molecule has 0 radical (unpaired) electrons. The molecule has 2 rings (SSSR count). The normalized spacial score (nSPS) is 10.6. The first kappa shape index (κ1) is 16.6. The van der Waals surface area contributed by atoms with Crippen LogP contribution in [0.3, 0.4) is 0 Å². The fourth-order valence-corrected chi connectivity index (χ4v) is 1.85. The van der Waals surface area contributed by atoms with Crippen molar-refractivity contribution in [1.29, 1.82) is 0 Å². The predicted octanol–water partition coefficient (Wildman–Crippen LogP) is 1.35. The highest BCUT2D eigenvalue weighted by Gasteiger charge is 2.10. The SMILES string of the molecule is Cn1c(C(=O)NCc2ccnc(OCC(F)F)c2)cccc1=O. The number of nitrogens with one attached hydrogen (secondary N) is 1. The van der Waals surface area contributed by atoms with Crippen molar-refractivity contribution in [3.63, 3.8) is 0 Å². The minimum Gasteiger partial charge on any atom is -0.472 e. The second-order valence-electron chi connectivity index (χ2n) is 4.70. The summed E-state index contributed by atoms with van der Waals surface area (Å²) in [4.78, 5) is 27.4. The first-order chi connectivity index (χ1) is 11.0. The summed E-state index contributed by atoms with van der Waals surface area (Å²) in [5, 5.41) is 2.65. The molecule has 2 heterocycles. The quantitative estimate of drug-likeness (QED) is 0.871. The zero-order valence-electron chi connectivity index (χ0n) is 12.3. The van der Waals surface area contributed by atoms with E-state index in [9.17, 15) is 18.4 Å². The van der Waals surface area contributed by atoms with Gasteiger partial charge in [-0.05, 0) is 17.7 Å². The summed E-state index contributed by atoms with van der Waals surface area (Å²) in [6.45, 7) is -0.593. The summed E-state index contributed by atoms with van der Waals surface area (Å²) < 4.78 is 30.2. The Labute approximate surface area is 130 Å². The summed E-state index contributed by atoms with van der Waals surface area (Å²) in [6, 6.07) is 7.47. The molecule has 122 valence electrons. The van der Waals surface area contributed by atoms with Gasteiger partial charge in [-0.15, -0.1) is 0 Å². The van der Waals surface area contributed by atoms with Crippen molar-refractivity contribution in [1.82, 2.24) is 14.9 Å². The van der Waals surface area contributed by atoms with Crippen LogP contribution in [0.15, 0.2) is 41.3 Å². The molecule has 0 aliphatic heterocycles. The lowest BCUT2D eigenvalue weighted by atomic mass is 10.2. The Balaban J connectivity index is 2.00. The van der Waals surface area contributed by atoms with Gasteiger partial charge in [0.15, 0.2) is 6.61 Å². The molecular formula is C15H15F2N3O3. The summed E-state index contributed by atoms with van der Waals surface area (Å²) >= 11 is 0. The van der Waals surface area contributed by atoms with Crippen molar-refractivity contribution in [2.45, 2.75) is 13.0 Å². The van der Waals surface area contributed by atoms with Gasteiger partial charge in [0, 0.05) is 31.9 Å². The number of nitrogens with zero attached hydrogens (tertiary/aromatic N) is 2. The molecule has 0 bridgehead atoms. The van der Waals surface area contributed by atoms with Crippen LogP contribution in [-0.2, 0) is 13.6 Å². The number of rotatable bonds is 6. The highest BCUT2D eigenvalue weighted by Crippen LogP contribution is 2.10. The number of ether oxygens (including phenoxy) is 1. The molecule has 0 saturated heterocycles. The topological polar surface area (TPSA) is 73.2 Å². The van der Waals surface area contributed by atoms with Gasteiger partial charge < -0.3 is 14.6 Å². The fourth-order valence-electron chi connectivity index (χ4n) is 1.85. The molecular weight excluding hydrogens is 308 g/mol. The molecule has 1 amide bonds. The van der Waals surface area contributed by atoms with Gasteiger partial charge >= 0.3 is 0 Å². The molecule has 2 aromatic rings. The molecule has 0 saturated carbocycles. The Morgan fingerprint density at radius 2 is 2.17 bits per heavy atom. The average molecular weight is 323 g/mol. The smallest absolute Gasteiger partial charge is 0.272 e. The lowest BCUT2D eigenvalue weighted by molar-refractivity contribution is 0.0795. The van der Waals surface area contributed by atoms with Gasteiger partial charge in [0.25, 0.3) is 17.9 Å². The number of amides is 1. The van der Waals surface area contributed by atoms with Crippen molar-refractivity contribution in [3.05, 3.63) is 58.1 Å². The summed E-state index contributed by atoms with van der Waals surface area (Å²) in [7, 11) is 1.50. The first-order valence-corrected chi connectivity index (χ1v) is 6.77. The van der Waals surface area contributed by atoms with Crippen molar-refractivity contribution >= 4 is 5.91 Å². The molecule has 0 spiro atoms. The number of hydrogen-bond acceptors (Lipinski definition) is 4. The largest absolute Gasteiger partial charge is 0.472 e. The summed E-state index contributed by atoms with van der Waals surface area (Å²) in [6.07, 6.45) is -1.18.